The molecule has 0 amide bonds. The molecule has 0 aliphatic heterocycles. The maximum atomic E-state index is 4.04. The summed E-state index contributed by atoms with van der Waals surface area (Å²) >= 11 is 0. The lowest BCUT2D eigenvalue weighted by Crippen LogP contribution is -1.84. The third-order valence-electron chi connectivity index (χ3n) is 1.94. The molecule has 2 rings (SSSR count). The number of benzene rings is 2. The van der Waals surface area contributed by atoms with Crippen LogP contribution in [-0.2, 0) is 0 Å². The van der Waals surface area contributed by atoms with Gasteiger partial charge in [-0.25, -0.2) is 0 Å². The Morgan fingerprint density at radius 1 is 0.812 bits per heavy atom. The molecule has 0 saturated heterocycles. The van der Waals surface area contributed by atoms with E-state index in [2.05, 4.69) is 21.5 Å². The molecule has 0 fully saturated rings. The van der Waals surface area contributed by atoms with Gasteiger partial charge in [-0.1, -0.05) is 36.4 Å². The molecule has 0 atom stereocenters. The molecule has 0 radical (unpaired) electrons. The topological polar surface area (TPSA) is 36.8 Å². The van der Waals surface area contributed by atoms with Gasteiger partial charge in [-0.05, 0) is 24.3 Å². The number of rotatable bonds is 3. The second-order valence-corrected chi connectivity index (χ2v) is 3.14. The van der Waals surface area contributed by atoms with Crippen LogP contribution in [0.5, 0.6) is 0 Å². The molecule has 16 heavy (non-hydrogen) atoms. The minimum absolute atomic E-state index is 0.834. The smallest absolute Gasteiger partial charge is 0.120 e. The zero-order valence-corrected chi connectivity index (χ0v) is 8.67. The summed E-state index contributed by atoms with van der Waals surface area (Å²) < 4.78 is 0. The largest absolute Gasteiger partial charge is 0.269 e. The third-order valence-corrected chi connectivity index (χ3v) is 1.94. The summed E-state index contributed by atoms with van der Waals surface area (Å²) in [5, 5.41) is 3.87. The molecule has 1 N–H and O–H groups in total. The summed E-state index contributed by atoms with van der Waals surface area (Å²) in [6, 6.07) is 21.8. The minimum atomic E-state index is 0.834. The molecule has 0 heterocycles. The average Bonchev–Trinajstić information content (AvgIpc) is 2.37. The van der Waals surface area contributed by atoms with Gasteiger partial charge in [0.15, 0.2) is 0 Å². The van der Waals surface area contributed by atoms with E-state index in [-0.39, 0.29) is 0 Å². The molecule has 0 aliphatic rings. The molecule has 0 unspecified atom stereocenters. The molecule has 2 aromatic rings. The summed E-state index contributed by atoms with van der Waals surface area (Å²) in [4.78, 5) is 4.04. The number of para-hydroxylation sites is 2. The first-order valence-electron chi connectivity index (χ1n) is 4.97. The molecule has 0 aliphatic carbocycles. The number of hydrazone groups is 1. The SMILES string of the molecule is C(=NNc1ccccc1)=Nc1ccccc1. The summed E-state index contributed by atoms with van der Waals surface area (Å²) in [6.45, 7) is 0. The van der Waals surface area contributed by atoms with E-state index < -0.39 is 0 Å². The van der Waals surface area contributed by atoms with Gasteiger partial charge in [0, 0.05) is 0 Å². The van der Waals surface area contributed by atoms with Gasteiger partial charge in [-0.3, -0.25) is 5.43 Å². The Balaban J connectivity index is 1.98. The monoisotopic (exact) mass is 209 g/mol. The van der Waals surface area contributed by atoms with Crippen LogP contribution < -0.4 is 5.43 Å². The third kappa shape index (κ3) is 3.08. The second kappa shape index (κ2) is 5.49. The number of hydrogen-bond acceptors (Lipinski definition) is 3. The zero-order chi connectivity index (χ0) is 11.1. The van der Waals surface area contributed by atoms with Gasteiger partial charge in [0.1, 0.15) is 6.01 Å². The van der Waals surface area contributed by atoms with Crippen molar-refractivity contribution in [3.05, 3.63) is 60.7 Å². The maximum absolute atomic E-state index is 4.04. The molecule has 78 valence electrons. The maximum Gasteiger partial charge on any atom is 0.120 e. The summed E-state index contributed by atoms with van der Waals surface area (Å²) in [5.41, 5.74) is 4.58. The Morgan fingerprint density at radius 3 is 2.12 bits per heavy atom. The highest BCUT2D eigenvalue weighted by Crippen LogP contribution is 2.08. The number of hydrogen-bond donors (Lipinski definition) is 1. The Labute approximate surface area is 94.2 Å². The van der Waals surface area contributed by atoms with Gasteiger partial charge < -0.3 is 0 Å². The van der Waals surface area contributed by atoms with E-state index in [1.54, 1.807) is 0 Å². The number of nitrogens with zero attached hydrogens (tertiary/aromatic N) is 2. The standard InChI is InChI=1S/C13H11N3/c1-3-7-12(8-4-1)14-11-15-16-13-9-5-2-6-10-13/h1-10,16H. The highest BCUT2D eigenvalue weighted by atomic mass is 15.3. The zero-order valence-electron chi connectivity index (χ0n) is 8.67. The molecule has 0 spiro atoms. The van der Waals surface area contributed by atoms with Gasteiger partial charge >= 0.3 is 0 Å². The molecule has 0 aromatic heterocycles. The summed E-state index contributed by atoms with van der Waals surface area (Å²) in [5.74, 6) is 0. The van der Waals surface area contributed by atoms with Crippen LogP contribution in [0.3, 0.4) is 0 Å². The lowest BCUT2D eigenvalue weighted by Gasteiger charge is -1.94. The highest BCUT2D eigenvalue weighted by molar-refractivity contribution is 5.54. The van der Waals surface area contributed by atoms with Crippen LogP contribution in [0.25, 0.3) is 0 Å². The van der Waals surface area contributed by atoms with Crippen molar-refractivity contribution < 1.29 is 0 Å². The Bertz CT molecular complexity index is 485. The fourth-order valence-electron chi connectivity index (χ4n) is 1.19. The molecular weight excluding hydrogens is 198 g/mol. The molecule has 2 aromatic carbocycles. The van der Waals surface area contributed by atoms with Gasteiger partial charge in [-0.2, -0.15) is 4.99 Å². The summed E-state index contributed by atoms with van der Waals surface area (Å²) in [6.07, 6.45) is 0. The van der Waals surface area contributed by atoms with Crippen LogP contribution in [0.15, 0.2) is 70.8 Å². The first-order chi connectivity index (χ1) is 7.95. The Morgan fingerprint density at radius 2 is 1.44 bits per heavy atom. The van der Waals surface area contributed by atoms with Crippen LogP contribution in [-0.4, -0.2) is 6.01 Å². The highest BCUT2D eigenvalue weighted by Gasteiger charge is 1.83. The fourth-order valence-corrected chi connectivity index (χ4v) is 1.19. The van der Waals surface area contributed by atoms with Crippen molar-refractivity contribution in [1.82, 2.24) is 0 Å². The quantitative estimate of drug-likeness (QED) is 0.609. The average molecular weight is 209 g/mol. The second-order valence-electron chi connectivity index (χ2n) is 3.14. The van der Waals surface area contributed by atoms with E-state index in [4.69, 9.17) is 0 Å². The lowest BCUT2D eigenvalue weighted by molar-refractivity contribution is 1.35. The van der Waals surface area contributed by atoms with Gasteiger partial charge in [0.05, 0.1) is 11.4 Å². The lowest BCUT2D eigenvalue weighted by atomic mass is 10.3. The van der Waals surface area contributed by atoms with Crippen LogP contribution in [0, 0.1) is 0 Å². The first-order valence-corrected chi connectivity index (χ1v) is 4.97. The van der Waals surface area contributed by atoms with Crippen molar-refractivity contribution in [2.24, 2.45) is 10.1 Å². The van der Waals surface area contributed by atoms with Crippen molar-refractivity contribution in [2.45, 2.75) is 0 Å². The van der Waals surface area contributed by atoms with Crippen molar-refractivity contribution >= 4 is 17.4 Å². The molecule has 0 saturated carbocycles. The van der Waals surface area contributed by atoms with Crippen molar-refractivity contribution in [1.29, 1.82) is 0 Å². The van der Waals surface area contributed by atoms with Crippen molar-refractivity contribution in [3.63, 3.8) is 0 Å². The Kier molecular flexibility index (Phi) is 3.48. The van der Waals surface area contributed by atoms with E-state index in [0.29, 0.717) is 0 Å². The van der Waals surface area contributed by atoms with Gasteiger partial charge in [0.25, 0.3) is 0 Å². The van der Waals surface area contributed by atoms with Gasteiger partial charge in [-0.15, -0.1) is 5.10 Å². The van der Waals surface area contributed by atoms with E-state index >= 15 is 0 Å². The molecule has 0 bridgehead atoms. The molecule has 3 nitrogen and oxygen atoms in total. The van der Waals surface area contributed by atoms with Crippen molar-refractivity contribution in [2.75, 3.05) is 5.43 Å². The van der Waals surface area contributed by atoms with Gasteiger partial charge in [0.2, 0.25) is 0 Å². The molecular formula is C13H11N3. The fraction of sp³-hybridized carbons (Fsp3) is 0. The van der Waals surface area contributed by atoms with Crippen molar-refractivity contribution in [3.8, 4) is 0 Å². The first kappa shape index (κ1) is 10.1. The van der Waals surface area contributed by atoms with E-state index in [9.17, 15) is 0 Å². The van der Waals surface area contributed by atoms with E-state index in [1.165, 1.54) is 0 Å². The number of anilines is 1. The normalized spacial score (nSPS) is 9.00. The predicted molar refractivity (Wildman–Crippen MR) is 66.0 cm³/mol. The Hall–Kier alpha value is -2.38. The van der Waals surface area contributed by atoms with E-state index in [1.807, 2.05) is 60.7 Å². The van der Waals surface area contributed by atoms with Crippen LogP contribution in [0.2, 0.25) is 0 Å². The minimum Gasteiger partial charge on any atom is -0.269 e. The number of aliphatic imine (C=N–C) groups is 1. The van der Waals surface area contributed by atoms with Crippen LogP contribution >= 0.6 is 0 Å². The predicted octanol–water partition coefficient (Wildman–Crippen LogP) is 3.52. The van der Waals surface area contributed by atoms with Crippen LogP contribution in [0.4, 0.5) is 11.4 Å². The van der Waals surface area contributed by atoms with Crippen LogP contribution in [0.1, 0.15) is 0 Å². The summed E-state index contributed by atoms with van der Waals surface area (Å²) in [7, 11) is 0. The van der Waals surface area contributed by atoms with E-state index in [0.717, 1.165) is 11.4 Å². The molecule has 3 heteroatoms. The number of nitrogens with one attached hydrogen (secondary N) is 1.